The van der Waals surface area contributed by atoms with Crippen molar-refractivity contribution in [1.82, 2.24) is 14.7 Å². The van der Waals surface area contributed by atoms with Gasteiger partial charge in [0, 0.05) is 44.5 Å². The van der Waals surface area contributed by atoms with E-state index in [1.54, 1.807) is 11.3 Å². The van der Waals surface area contributed by atoms with E-state index in [4.69, 9.17) is 5.73 Å². The molecule has 3 rings (SSSR count). The highest BCUT2D eigenvalue weighted by Gasteiger charge is 2.27. The van der Waals surface area contributed by atoms with Crippen LogP contribution in [0.3, 0.4) is 0 Å². The Labute approximate surface area is 130 Å². The first-order valence-electron chi connectivity index (χ1n) is 6.68. The Hall–Kier alpha value is -0.880. The van der Waals surface area contributed by atoms with Crippen LogP contribution in [0.2, 0.25) is 0 Å². The van der Waals surface area contributed by atoms with Gasteiger partial charge in [0.1, 0.15) is 5.69 Å². The van der Waals surface area contributed by atoms with Crippen molar-refractivity contribution in [3.05, 3.63) is 29.3 Å². The molecule has 4 nitrogen and oxygen atoms in total. The summed E-state index contributed by atoms with van der Waals surface area (Å²) in [5.74, 6) is 0.585. The Balaban J connectivity index is 0.00000147. The molecular formula is C14H21ClN4S. The minimum atomic E-state index is 0. The number of likely N-dealkylation sites (tertiary alicyclic amines) is 1. The Kier molecular flexibility index (Phi) is 4.86. The molecule has 0 aliphatic carbocycles. The van der Waals surface area contributed by atoms with Crippen LogP contribution >= 0.6 is 23.7 Å². The van der Waals surface area contributed by atoms with Crippen LogP contribution in [-0.4, -0.2) is 33.8 Å². The minimum Gasteiger partial charge on any atom is -0.326 e. The topological polar surface area (TPSA) is 47.1 Å². The van der Waals surface area contributed by atoms with Gasteiger partial charge < -0.3 is 5.73 Å². The van der Waals surface area contributed by atoms with E-state index in [1.807, 2.05) is 11.7 Å². The maximum Gasteiger partial charge on any atom is 0.107 e. The second-order valence-electron chi connectivity index (χ2n) is 5.49. The summed E-state index contributed by atoms with van der Waals surface area (Å²) in [4.78, 5) is 3.68. The molecule has 2 aromatic heterocycles. The van der Waals surface area contributed by atoms with Crippen LogP contribution in [0.4, 0.5) is 0 Å². The SMILES string of the molecule is CC1CN(Cc2cn(C)nc2-c2cccs2)CC1N.Cl. The number of hydrogen-bond acceptors (Lipinski definition) is 4. The molecule has 2 aromatic rings. The highest BCUT2D eigenvalue weighted by molar-refractivity contribution is 7.13. The number of aryl methyl sites for hydroxylation is 1. The highest BCUT2D eigenvalue weighted by atomic mass is 35.5. The van der Waals surface area contributed by atoms with Crippen molar-refractivity contribution in [2.24, 2.45) is 18.7 Å². The average Bonchev–Trinajstić information content (AvgIpc) is 3.03. The maximum absolute atomic E-state index is 6.10. The zero-order chi connectivity index (χ0) is 13.4. The van der Waals surface area contributed by atoms with Gasteiger partial charge in [0.15, 0.2) is 0 Å². The third-order valence-corrected chi connectivity index (χ3v) is 4.68. The molecule has 0 amide bonds. The fraction of sp³-hybridized carbons (Fsp3) is 0.500. The van der Waals surface area contributed by atoms with E-state index in [0.717, 1.165) is 25.3 Å². The summed E-state index contributed by atoms with van der Waals surface area (Å²) in [5, 5.41) is 6.70. The van der Waals surface area contributed by atoms with E-state index in [2.05, 4.69) is 40.6 Å². The van der Waals surface area contributed by atoms with Crippen LogP contribution in [0.15, 0.2) is 23.7 Å². The third kappa shape index (κ3) is 3.06. The predicted molar refractivity (Wildman–Crippen MR) is 86.2 cm³/mol. The van der Waals surface area contributed by atoms with Crippen molar-refractivity contribution >= 4 is 23.7 Å². The molecule has 0 radical (unpaired) electrons. The van der Waals surface area contributed by atoms with Crippen LogP contribution in [0.25, 0.3) is 10.6 Å². The van der Waals surface area contributed by atoms with Gasteiger partial charge in [0.25, 0.3) is 0 Å². The molecular weight excluding hydrogens is 292 g/mol. The highest BCUT2D eigenvalue weighted by Crippen LogP contribution is 2.28. The van der Waals surface area contributed by atoms with Gasteiger partial charge in [0.2, 0.25) is 0 Å². The number of nitrogens with zero attached hydrogens (tertiary/aromatic N) is 3. The van der Waals surface area contributed by atoms with Crippen LogP contribution in [-0.2, 0) is 13.6 Å². The molecule has 1 aliphatic heterocycles. The number of aromatic nitrogens is 2. The fourth-order valence-corrected chi connectivity index (χ4v) is 3.48. The largest absolute Gasteiger partial charge is 0.326 e. The van der Waals surface area contributed by atoms with Gasteiger partial charge in [-0.15, -0.1) is 23.7 Å². The lowest BCUT2D eigenvalue weighted by Gasteiger charge is -2.14. The molecule has 2 N–H and O–H groups in total. The van der Waals surface area contributed by atoms with Crippen molar-refractivity contribution < 1.29 is 0 Å². The van der Waals surface area contributed by atoms with E-state index in [1.165, 1.54) is 10.4 Å². The van der Waals surface area contributed by atoms with Gasteiger partial charge in [-0.1, -0.05) is 13.0 Å². The van der Waals surface area contributed by atoms with Crippen LogP contribution < -0.4 is 5.73 Å². The van der Waals surface area contributed by atoms with Gasteiger partial charge in [-0.25, -0.2) is 0 Å². The van der Waals surface area contributed by atoms with Gasteiger partial charge in [-0.3, -0.25) is 9.58 Å². The number of nitrogens with two attached hydrogens (primary N) is 1. The normalized spacial score (nSPS) is 22.9. The van der Waals surface area contributed by atoms with Crippen molar-refractivity contribution in [3.63, 3.8) is 0 Å². The Morgan fingerprint density at radius 2 is 2.25 bits per heavy atom. The molecule has 0 spiro atoms. The Morgan fingerprint density at radius 3 is 2.85 bits per heavy atom. The summed E-state index contributed by atoms with van der Waals surface area (Å²) >= 11 is 1.74. The number of hydrogen-bond donors (Lipinski definition) is 1. The van der Waals surface area contributed by atoms with Crippen molar-refractivity contribution in [3.8, 4) is 10.6 Å². The predicted octanol–water partition coefficient (Wildman–Crippen LogP) is 2.35. The van der Waals surface area contributed by atoms with Crippen LogP contribution in [0.5, 0.6) is 0 Å². The standard InChI is InChI=1S/C14H20N4S.ClH/c1-10-6-18(9-12(10)15)8-11-7-17(2)16-14(11)13-4-3-5-19-13;/h3-5,7,10,12H,6,8-9,15H2,1-2H3;1H. The lowest BCUT2D eigenvalue weighted by molar-refractivity contribution is 0.319. The fourth-order valence-electron chi connectivity index (χ4n) is 2.74. The smallest absolute Gasteiger partial charge is 0.107 e. The lowest BCUT2D eigenvalue weighted by atomic mass is 10.1. The average molecular weight is 313 g/mol. The second kappa shape index (κ2) is 6.26. The first kappa shape index (κ1) is 15.5. The van der Waals surface area contributed by atoms with Crippen molar-refractivity contribution in [2.45, 2.75) is 19.5 Å². The van der Waals surface area contributed by atoms with Gasteiger partial charge in [-0.2, -0.15) is 5.10 Å². The molecule has 2 unspecified atom stereocenters. The molecule has 1 fully saturated rings. The summed E-state index contributed by atoms with van der Waals surface area (Å²) in [6.45, 7) is 5.24. The Bertz CT molecular complexity index is 542. The monoisotopic (exact) mass is 312 g/mol. The summed E-state index contributed by atoms with van der Waals surface area (Å²) in [7, 11) is 1.99. The molecule has 2 atom stereocenters. The maximum atomic E-state index is 6.10. The van der Waals surface area contributed by atoms with Crippen molar-refractivity contribution in [2.75, 3.05) is 13.1 Å². The summed E-state index contributed by atoms with van der Waals surface area (Å²) in [6, 6.07) is 4.52. The summed E-state index contributed by atoms with van der Waals surface area (Å²) in [5.41, 5.74) is 8.51. The van der Waals surface area contributed by atoms with E-state index < -0.39 is 0 Å². The first-order chi connectivity index (χ1) is 9.13. The molecule has 0 bridgehead atoms. The quantitative estimate of drug-likeness (QED) is 0.946. The van der Waals surface area contributed by atoms with Gasteiger partial charge in [0.05, 0.1) is 4.88 Å². The number of thiophene rings is 1. The van der Waals surface area contributed by atoms with Crippen LogP contribution in [0.1, 0.15) is 12.5 Å². The molecule has 20 heavy (non-hydrogen) atoms. The van der Waals surface area contributed by atoms with Crippen LogP contribution in [0, 0.1) is 5.92 Å². The molecule has 6 heteroatoms. The summed E-state index contributed by atoms with van der Waals surface area (Å²) in [6.07, 6.45) is 2.13. The summed E-state index contributed by atoms with van der Waals surface area (Å²) < 4.78 is 1.91. The second-order valence-corrected chi connectivity index (χ2v) is 6.44. The van der Waals surface area contributed by atoms with E-state index in [-0.39, 0.29) is 12.4 Å². The van der Waals surface area contributed by atoms with E-state index in [9.17, 15) is 0 Å². The van der Waals surface area contributed by atoms with Gasteiger partial charge >= 0.3 is 0 Å². The zero-order valence-electron chi connectivity index (χ0n) is 11.8. The number of halogens is 1. The zero-order valence-corrected chi connectivity index (χ0v) is 13.5. The lowest BCUT2D eigenvalue weighted by Crippen LogP contribution is -2.28. The first-order valence-corrected chi connectivity index (χ1v) is 7.56. The number of rotatable bonds is 3. The molecule has 110 valence electrons. The molecule has 0 saturated carbocycles. The molecule has 3 heterocycles. The minimum absolute atomic E-state index is 0. The van der Waals surface area contributed by atoms with Gasteiger partial charge in [-0.05, 0) is 17.4 Å². The van der Waals surface area contributed by atoms with Crippen molar-refractivity contribution in [1.29, 1.82) is 0 Å². The molecule has 1 saturated heterocycles. The van der Waals surface area contributed by atoms with E-state index >= 15 is 0 Å². The molecule has 1 aliphatic rings. The van der Waals surface area contributed by atoms with E-state index in [0.29, 0.717) is 12.0 Å². The molecule has 0 aromatic carbocycles. The Morgan fingerprint density at radius 1 is 1.45 bits per heavy atom. The third-order valence-electron chi connectivity index (χ3n) is 3.80.